The zero-order chi connectivity index (χ0) is 13.8. The molecule has 0 radical (unpaired) electrons. The van der Waals surface area contributed by atoms with Crippen molar-refractivity contribution < 1.29 is 5.11 Å². The zero-order valence-corrected chi connectivity index (χ0v) is 13.6. The number of thioether (sulfide) groups is 1. The molecule has 2 atom stereocenters. The third-order valence-corrected chi connectivity index (χ3v) is 5.71. The van der Waals surface area contributed by atoms with Gasteiger partial charge in [-0.3, -0.25) is 0 Å². The molecule has 1 aromatic rings. The maximum Gasteiger partial charge on any atom is 0.0564 e. The molecule has 1 heterocycles. The molecule has 0 spiro atoms. The van der Waals surface area contributed by atoms with Crippen LogP contribution in [0.1, 0.15) is 37.4 Å². The van der Waals surface area contributed by atoms with Crippen molar-refractivity contribution in [2.75, 3.05) is 12.9 Å². The molecule has 2 unspecified atom stereocenters. The van der Waals surface area contributed by atoms with Gasteiger partial charge in [0.25, 0.3) is 0 Å². The van der Waals surface area contributed by atoms with Crippen LogP contribution in [0.2, 0.25) is 0 Å². The molecule has 104 valence electrons. The topological polar surface area (TPSA) is 32.3 Å². The van der Waals surface area contributed by atoms with Crippen LogP contribution in [-0.4, -0.2) is 29.3 Å². The number of thiophene rings is 1. The van der Waals surface area contributed by atoms with E-state index in [-0.39, 0.29) is 17.3 Å². The molecule has 1 aromatic heterocycles. The minimum atomic E-state index is 0.229. The van der Waals surface area contributed by atoms with Crippen molar-refractivity contribution in [1.82, 2.24) is 5.32 Å². The van der Waals surface area contributed by atoms with Crippen molar-refractivity contribution in [3.63, 3.8) is 0 Å². The number of hydrogen-bond acceptors (Lipinski definition) is 4. The van der Waals surface area contributed by atoms with Crippen LogP contribution in [0.5, 0.6) is 0 Å². The average Bonchev–Trinajstić information content (AvgIpc) is 2.76. The van der Waals surface area contributed by atoms with Gasteiger partial charge < -0.3 is 10.4 Å². The lowest BCUT2D eigenvalue weighted by atomic mass is 9.95. The van der Waals surface area contributed by atoms with Crippen molar-refractivity contribution in [3.05, 3.63) is 21.9 Å². The van der Waals surface area contributed by atoms with Gasteiger partial charge in [-0.05, 0) is 30.7 Å². The van der Waals surface area contributed by atoms with E-state index in [4.69, 9.17) is 0 Å². The second-order valence-electron chi connectivity index (χ2n) is 5.64. The Bertz CT molecular complexity index is 353. The van der Waals surface area contributed by atoms with E-state index in [9.17, 15) is 5.11 Å². The zero-order valence-electron chi connectivity index (χ0n) is 12.0. The minimum Gasteiger partial charge on any atom is -0.395 e. The normalized spacial score (nSPS) is 15.7. The number of rotatable bonds is 6. The first kappa shape index (κ1) is 16.0. The van der Waals surface area contributed by atoms with E-state index in [2.05, 4.69) is 45.1 Å². The molecule has 0 bridgehead atoms. The summed E-state index contributed by atoms with van der Waals surface area (Å²) in [5, 5.41) is 13.0. The first-order valence-corrected chi connectivity index (χ1v) is 8.45. The monoisotopic (exact) mass is 287 g/mol. The molecule has 0 aliphatic rings. The van der Waals surface area contributed by atoms with Gasteiger partial charge >= 0.3 is 0 Å². The SMILES string of the molecule is CSC(CO)C(C)NCc1ccc(C(C)(C)C)s1. The van der Waals surface area contributed by atoms with Crippen LogP contribution in [-0.2, 0) is 12.0 Å². The highest BCUT2D eigenvalue weighted by Gasteiger charge is 2.17. The lowest BCUT2D eigenvalue weighted by Crippen LogP contribution is -2.36. The second-order valence-corrected chi connectivity index (χ2v) is 7.89. The van der Waals surface area contributed by atoms with Gasteiger partial charge in [-0.15, -0.1) is 11.3 Å². The Hall–Kier alpha value is -0.0300. The van der Waals surface area contributed by atoms with Crippen molar-refractivity contribution in [2.45, 2.75) is 50.9 Å². The standard InChI is InChI=1S/C14H25NOS2/c1-10(12(9-16)17-5)15-8-11-6-7-13(18-11)14(2,3)4/h6-7,10,12,15-16H,8-9H2,1-5H3. The summed E-state index contributed by atoms with van der Waals surface area (Å²) < 4.78 is 0. The summed E-state index contributed by atoms with van der Waals surface area (Å²) in [7, 11) is 0. The molecule has 0 saturated carbocycles. The van der Waals surface area contributed by atoms with Gasteiger partial charge in [0.1, 0.15) is 0 Å². The van der Waals surface area contributed by atoms with E-state index in [1.54, 1.807) is 11.8 Å². The molecule has 4 heteroatoms. The Morgan fingerprint density at radius 3 is 2.50 bits per heavy atom. The van der Waals surface area contributed by atoms with Crippen LogP contribution < -0.4 is 5.32 Å². The second kappa shape index (κ2) is 6.94. The van der Waals surface area contributed by atoms with Gasteiger partial charge in [0.05, 0.1) is 6.61 Å². The fourth-order valence-corrected chi connectivity index (χ4v) is 3.38. The number of aliphatic hydroxyl groups is 1. The minimum absolute atomic E-state index is 0.229. The molecule has 0 aliphatic carbocycles. The van der Waals surface area contributed by atoms with Crippen LogP contribution in [0, 0.1) is 0 Å². The van der Waals surface area contributed by atoms with Gasteiger partial charge in [-0.25, -0.2) is 0 Å². The molecule has 0 amide bonds. The van der Waals surface area contributed by atoms with Crippen molar-refractivity contribution in [1.29, 1.82) is 0 Å². The summed E-state index contributed by atoms with van der Waals surface area (Å²) in [6.45, 7) is 9.98. The Morgan fingerprint density at radius 1 is 1.39 bits per heavy atom. The van der Waals surface area contributed by atoms with E-state index in [0.29, 0.717) is 6.04 Å². The quantitative estimate of drug-likeness (QED) is 0.842. The van der Waals surface area contributed by atoms with Crippen LogP contribution in [0.15, 0.2) is 12.1 Å². The first-order valence-electron chi connectivity index (χ1n) is 6.34. The van der Waals surface area contributed by atoms with Crippen LogP contribution >= 0.6 is 23.1 Å². The molecule has 0 saturated heterocycles. The molecule has 1 rings (SSSR count). The van der Waals surface area contributed by atoms with E-state index >= 15 is 0 Å². The fourth-order valence-electron chi connectivity index (χ4n) is 1.71. The summed E-state index contributed by atoms with van der Waals surface area (Å²) >= 11 is 3.59. The molecule has 18 heavy (non-hydrogen) atoms. The van der Waals surface area contributed by atoms with E-state index < -0.39 is 0 Å². The first-order chi connectivity index (χ1) is 8.38. The molecule has 0 fully saturated rings. The Labute approximate surface area is 119 Å². The maximum atomic E-state index is 9.25. The van der Waals surface area contributed by atoms with Gasteiger partial charge in [-0.2, -0.15) is 11.8 Å². The fraction of sp³-hybridized carbons (Fsp3) is 0.714. The highest BCUT2D eigenvalue weighted by molar-refractivity contribution is 7.99. The van der Waals surface area contributed by atoms with Crippen LogP contribution in [0.4, 0.5) is 0 Å². The van der Waals surface area contributed by atoms with E-state index in [1.165, 1.54) is 9.75 Å². The number of nitrogens with one attached hydrogen (secondary N) is 1. The molecular formula is C14H25NOS2. The number of aliphatic hydroxyl groups excluding tert-OH is 1. The van der Waals surface area contributed by atoms with Crippen LogP contribution in [0.3, 0.4) is 0 Å². The largest absolute Gasteiger partial charge is 0.395 e. The summed E-state index contributed by atoms with van der Waals surface area (Å²) in [5.74, 6) is 0. The van der Waals surface area contributed by atoms with Crippen molar-refractivity contribution >= 4 is 23.1 Å². The third-order valence-electron chi connectivity index (χ3n) is 3.04. The lowest BCUT2D eigenvalue weighted by Gasteiger charge is -2.21. The number of hydrogen-bond donors (Lipinski definition) is 2. The van der Waals surface area contributed by atoms with Gasteiger partial charge in [0.15, 0.2) is 0 Å². The van der Waals surface area contributed by atoms with Gasteiger partial charge in [-0.1, -0.05) is 20.8 Å². The molecule has 0 aromatic carbocycles. The van der Waals surface area contributed by atoms with Crippen molar-refractivity contribution in [3.8, 4) is 0 Å². The Balaban J connectivity index is 2.51. The summed E-state index contributed by atoms with van der Waals surface area (Å²) in [6, 6.07) is 4.76. The third kappa shape index (κ3) is 4.57. The van der Waals surface area contributed by atoms with E-state index in [0.717, 1.165) is 6.54 Å². The molecule has 0 aliphatic heterocycles. The Kier molecular flexibility index (Phi) is 6.18. The summed E-state index contributed by atoms with van der Waals surface area (Å²) in [4.78, 5) is 2.79. The maximum absolute atomic E-state index is 9.25. The van der Waals surface area contributed by atoms with Gasteiger partial charge in [0, 0.05) is 27.6 Å². The predicted octanol–water partition coefficient (Wildman–Crippen LogP) is 3.25. The van der Waals surface area contributed by atoms with E-state index in [1.807, 2.05) is 17.6 Å². The van der Waals surface area contributed by atoms with Gasteiger partial charge in [0.2, 0.25) is 0 Å². The lowest BCUT2D eigenvalue weighted by molar-refractivity contribution is 0.276. The highest BCUT2D eigenvalue weighted by Crippen LogP contribution is 2.29. The Morgan fingerprint density at radius 2 is 2.06 bits per heavy atom. The predicted molar refractivity (Wildman–Crippen MR) is 83.7 cm³/mol. The average molecular weight is 287 g/mol. The molecule has 2 nitrogen and oxygen atoms in total. The molecule has 2 N–H and O–H groups in total. The van der Waals surface area contributed by atoms with Crippen molar-refractivity contribution in [2.24, 2.45) is 0 Å². The summed E-state index contributed by atoms with van der Waals surface area (Å²) in [5.41, 5.74) is 0.238. The smallest absolute Gasteiger partial charge is 0.0564 e. The molecular weight excluding hydrogens is 262 g/mol. The highest BCUT2D eigenvalue weighted by atomic mass is 32.2. The van der Waals surface area contributed by atoms with Crippen LogP contribution in [0.25, 0.3) is 0 Å². The summed E-state index contributed by atoms with van der Waals surface area (Å²) in [6.07, 6.45) is 2.04.